The average molecular weight is 163 g/mol. The van der Waals surface area contributed by atoms with Crippen LogP contribution in [0.1, 0.15) is 31.4 Å². The predicted octanol–water partition coefficient (Wildman–Crippen LogP) is 2.98. The van der Waals surface area contributed by atoms with Gasteiger partial charge in [-0.25, -0.2) is 0 Å². The fraction of sp³-hybridized carbons (Fsp3) is 0.545. The zero-order valence-electron chi connectivity index (χ0n) is 8.17. The van der Waals surface area contributed by atoms with Crippen LogP contribution >= 0.6 is 0 Å². The molecule has 1 heterocycles. The summed E-state index contributed by atoms with van der Waals surface area (Å²) in [5.74, 6) is 0.789. The Morgan fingerprint density at radius 2 is 2.17 bits per heavy atom. The Kier molecular flexibility index (Phi) is 3.27. The van der Waals surface area contributed by atoms with Crippen LogP contribution < -0.4 is 0 Å². The standard InChI is InChI=1S/C11H17N/c1-9(2)4-5-11-6-7-12-8-10(11)3/h6-9H,4-5H2,1-3H3. The fourth-order valence-electron chi connectivity index (χ4n) is 1.23. The number of nitrogens with zero attached hydrogens (tertiary/aromatic N) is 1. The second-order valence-electron chi connectivity index (χ2n) is 3.73. The lowest BCUT2D eigenvalue weighted by Gasteiger charge is -2.06. The molecule has 0 saturated heterocycles. The number of pyridine rings is 1. The molecule has 1 aromatic rings. The molecule has 1 rings (SSSR count). The lowest BCUT2D eigenvalue weighted by molar-refractivity contribution is 0.585. The highest BCUT2D eigenvalue weighted by atomic mass is 14.6. The van der Waals surface area contributed by atoms with E-state index in [1.165, 1.54) is 24.0 Å². The first kappa shape index (κ1) is 9.24. The van der Waals surface area contributed by atoms with Crippen LogP contribution in [0.2, 0.25) is 0 Å². The van der Waals surface area contributed by atoms with Gasteiger partial charge in [0.2, 0.25) is 0 Å². The molecule has 0 aliphatic carbocycles. The fourth-order valence-corrected chi connectivity index (χ4v) is 1.23. The Bertz CT molecular complexity index is 241. The zero-order chi connectivity index (χ0) is 8.97. The molecular weight excluding hydrogens is 146 g/mol. The maximum Gasteiger partial charge on any atom is 0.0299 e. The van der Waals surface area contributed by atoms with E-state index in [1.54, 1.807) is 0 Å². The SMILES string of the molecule is Cc1cnccc1CCC(C)C. The van der Waals surface area contributed by atoms with Gasteiger partial charge in [0.15, 0.2) is 0 Å². The molecule has 0 N–H and O–H groups in total. The van der Waals surface area contributed by atoms with Crippen molar-refractivity contribution in [2.24, 2.45) is 5.92 Å². The maximum atomic E-state index is 4.07. The summed E-state index contributed by atoms with van der Waals surface area (Å²) in [4.78, 5) is 4.07. The van der Waals surface area contributed by atoms with Gasteiger partial charge in [-0.2, -0.15) is 0 Å². The number of aryl methyl sites for hydroxylation is 2. The molecule has 0 aliphatic rings. The van der Waals surface area contributed by atoms with Crippen LogP contribution in [0.3, 0.4) is 0 Å². The first-order valence-corrected chi connectivity index (χ1v) is 4.59. The molecule has 1 aromatic heterocycles. The van der Waals surface area contributed by atoms with Crippen LogP contribution in [-0.4, -0.2) is 4.98 Å². The molecule has 0 bridgehead atoms. The summed E-state index contributed by atoms with van der Waals surface area (Å²) < 4.78 is 0. The number of hydrogen-bond acceptors (Lipinski definition) is 1. The van der Waals surface area contributed by atoms with Crippen molar-refractivity contribution in [1.82, 2.24) is 4.98 Å². The summed E-state index contributed by atoms with van der Waals surface area (Å²) in [6.07, 6.45) is 6.27. The smallest absolute Gasteiger partial charge is 0.0299 e. The van der Waals surface area contributed by atoms with Gasteiger partial charge < -0.3 is 0 Å². The number of aromatic nitrogens is 1. The summed E-state index contributed by atoms with van der Waals surface area (Å²) in [5, 5.41) is 0. The summed E-state index contributed by atoms with van der Waals surface area (Å²) in [6, 6.07) is 2.12. The Hall–Kier alpha value is -0.850. The van der Waals surface area contributed by atoms with Crippen molar-refractivity contribution in [3.8, 4) is 0 Å². The quantitative estimate of drug-likeness (QED) is 0.667. The minimum Gasteiger partial charge on any atom is -0.264 e. The normalized spacial score (nSPS) is 10.7. The monoisotopic (exact) mass is 163 g/mol. The Morgan fingerprint density at radius 1 is 1.42 bits per heavy atom. The van der Waals surface area contributed by atoms with Crippen molar-refractivity contribution in [2.75, 3.05) is 0 Å². The molecule has 0 radical (unpaired) electrons. The van der Waals surface area contributed by atoms with Gasteiger partial charge in [0.1, 0.15) is 0 Å². The number of hydrogen-bond donors (Lipinski definition) is 0. The maximum absolute atomic E-state index is 4.07. The Labute approximate surface area is 74.8 Å². The van der Waals surface area contributed by atoms with Crippen LogP contribution in [-0.2, 0) is 6.42 Å². The molecule has 66 valence electrons. The molecule has 0 spiro atoms. The summed E-state index contributed by atoms with van der Waals surface area (Å²) in [6.45, 7) is 6.65. The van der Waals surface area contributed by atoms with E-state index in [0.29, 0.717) is 0 Å². The largest absolute Gasteiger partial charge is 0.264 e. The molecule has 0 fully saturated rings. The summed E-state index contributed by atoms with van der Waals surface area (Å²) >= 11 is 0. The van der Waals surface area contributed by atoms with E-state index in [-0.39, 0.29) is 0 Å². The third kappa shape index (κ3) is 2.65. The Balaban J connectivity index is 2.57. The van der Waals surface area contributed by atoms with E-state index in [4.69, 9.17) is 0 Å². The Morgan fingerprint density at radius 3 is 2.75 bits per heavy atom. The molecule has 1 heteroatoms. The highest BCUT2D eigenvalue weighted by Gasteiger charge is 1.99. The van der Waals surface area contributed by atoms with E-state index in [2.05, 4.69) is 31.8 Å². The van der Waals surface area contributed by atoms with Crippen LogP contribution in [0.15, 0.2) is 18.5 Å². The van der Waals surface area contributed by atoms with E-state index in [9.17, 15) is 0 Å². The van der Waals surface area contributed by atoms with Crippen LogP contribution in [0.4, 0.5) is 0 Å². The summed E-state index contributed by atoms with van der Waals surface area (Å²) in [5.41, 5.74) is 2.76. The minimum atomic E-state index is 0.789. The van der Waals surface area contributed by atoms with Gasteiger partial charge in [-0.05, 0) is 42.9 Å². The van der Waals surface area contributed by atoms with Crippen molar-refractivity contribution in [2.45, 2.75) is 33.6 Å². The van der Waals surface area contributed by atoms with Gasteiger partial charge in [0.05, 0.1) is 0 Å². The molecular formula is C11H17N. The lowest BCUT2D eigenvalue weighted by Crippen LogP contribution is -1.94. The van der Waals surface area contributed by atoms with E-state index >= 15 is 0 Å². The van der Waals surface area contributed by atoms with Gasteiger partial charge >= 0.3 is 0 Å². The second kappa shape index (κ2) is 4.24. The van der Waals surface area contributed by atoms with Crippen molar-refractivity contribution in [3.63, 3.8) is 0 Å². The molecule has 0 atom stereocenters. The van der Waals surface area contributed by atoms with Crippen molar-refractivity contribution in [3.05, 3.63) is 29.6 Å². The molecule has 0 saturated carbocycles. The number of rotatable bonds is 3. The molecule has 12 heavy (non-hydrogen) atoms. The van der Waals surface area contributed by atoms with Crippen molar-refractivity contribution < 1.29 is 0 Å². The molecule has 0 aromatic carbocycles. The van der Waals surface area contributed by atoms with Gasteiger partial charge in [-0.3, -0.25) is 4.98 Å². The van der Waals surface area contributed by atoms with E-state index in [1.807, 2.05) is 12.4 Å². The lowest BCUT2D eigenvalue weighted by atomic mass is 10.0. The summed E-state index contributed by atoms with van der Waals surface area (Å²) in [7, 11) is 0. The van der Waals surface area contributed by atoms with Gasteiger partial charge in [0.25, 0.3) is 0 Å². The van der Waals surface area contributed by atoms with Gasteiger partial charge in [-0.1, -0.05) is 13.8 Å². The van der Waals surface area contributed by atoms with Crippen LogP contribution in [0.5, 0.6) is 0 Å². The third-order valence-electron chi connectivity index (χ3n) is 2.13. The topological polar surface area (TPSA) is 12.9 Å². The first-order chi connectivity index (χ1) is 5.70. The molecule has 0 aliphatic heterocycles. The van der Waals surface area contributed by atoms with Gasteiger partial charge in [-0.15, -0.1) is 0 Å². The van der Waals surface area contributed by atoms with Crippen LogP contribution in [0.25, 0.3) is 0 Å². The molecule has 0 amide bonds. The third-order valence-corrected chi connectivity index (χ3v) is 2.13. The van der Waals surface area contributed by atoms with Crippen molar-refractivity contribution in [1.29, 1.82) is 0 Å². The van der Waals surface area contributed by atoms with Crippen LogP contribution in [0, 0.1) is 12.8 Å². The van der Waals surface area contributed by atoms with E-state index in [0.717, 1.165) is 5.92 Å². The molecule has 0 unspecified atom stereocenters. The minimum absolute atomic E-state index is 0.789. The van der Waals surface area contributed by atoms with Gasteiger partial charge in [0, 0.05) is 12.4 Å². The first-order valence-electron chi connectivity index (χ1n) is 4.59. The van der Waals surface area contributed by atoms with E-state index < -0.39 is 0 Å². The highest BCUT2D eigenvalue weighted by Crippen LogP contribution is 2.11. The predicted molar refractivity (Wildman–Crippen MR) is 52.1 cm³/mol. The average Bonchev–Trinajstić information content (AvgIpc) is 2.03. The second-order valence-corrected chi connectivity index (χ2v) is 3.73. The highest BCUT2D eigenvalue weighted by molar-refractivity contribution is 5.21. The zero-order valence-corrected chi connectivity index (χ0v) is 8.17. The van der Waals surface area contributed by atoms with Crippen molar-refractivity contribution >= 4 is 0 Å². The molecule has 1 nitrogen and oxygen atoms in total.